The predicted octanol–water partition coefficient (Wildman–Crippen LogP) is 2.63. The molecule has 2 unspecified atom stereocenters. The van der Waals surface area contributed by atoms with Gasteiger partial charge in [-0.25, -0.2) is 4.98 Å². The topological polar surface area (TPSA) is 56.9 Å². The number of thiazole rings is 1. The highest BCUT2D eigenvalue weighted by Gasteiger charge is 2.23. The minimum absolute atomic E-state index is 0.00147. The molecule has 0 aliphatic heterocycles. The third-order valence-electron chi connectivity index (χ3n) is 2.14. The Kier molecular flexibility index (Phi) is 3.48. The van der Waals surface area contributed by atoms with E-state index in [2.05, 4.69) is 25.8 Å². The molecule has 1 N–H and O–H groups in total. The zero-order valence-electron chi connectivity index (χ0n) is 9.48. The van der Waals surface area contributed by atoms with Gasteiger partial charge in [0.05, 0.1) is 22.7 Å². The van der Waals surface area contributed by atoms with E-state index < -0.39 is 12.0 Å². The first-order valence-corrected chi connectivity index (χ1v) is 5.78. The normalized spacial score (nSPS) is 15.7. The lowest BCUT2D eigenvalue weighted by Gasteiger charge is -2.14. The van der Waals surface area contributed by atoms with Gasteiger partial charge in [-0.15, -0.1) is 11.3 Å². The van der Waals surface area contributed by atoms with E-state index in [0.717, 1.165) is 5.01 Å². The zero-order valence-corrected chi connectivity index (χ0v) is 10.3. The molecular formula is C11H16N2OS. The van der Waals surface area contributed by atoms with Crippen LogP contribution in [0, 0.1) is 17.2 Å². The quantitative estimate of drug-likeness (QED) is 0.840. The lowest BCUT2D eigenvalue weighted by atomic mass is 9.98. The van der Waals surface area contributed by atoms with Crippen molar-refractivity contribution in [3.8, 4) is 6.07 Å². The summed E-state index contributed by atoms with van der Waals surface area (Å²) in [6.45, 7) is 7.93. The monoisotopic (exact) mass is 224 g/mol. The Morgan fingerprint density at radius 2 is 2.13 bits per heavy atom. The second-order valence-corrected chi connectivity index (χ2v) is 5.55. The maximum Gasteiger partial charge on any atom is 0.112 e. The third kappa shape index (κ3) is 2.77. The van der Waals surface area contributed by atoms with Gasteiger partial charge in [-0.1, -0.05) is 20.8 Å². The Morgan fingerprint density at radius 1 is 1.53 bits per heavy atom. The number of aliphatic hydroxyl groups excluding tert-OH is 1. The Balaban J connectivity index is 2.91. The van der Waals surface area contributed by atoms with Gasteiger partial charge < -0.3 is 5.11 Å². The summed E-state index contributed by atoms with van der Waals surface area (Å²) in [5, 5.41) is 21.3. The number of hydrogen-bond donors (Lipinski definition) is 1. The van der Waals surface area contributed by atoms with Gasteiger partial charge in [0.25, 0.3) is 0 Å². The lowest BCUT2D eigenvalue weighted by molar-refractivity contribution is 0.138. The van der Waals surface area contributed by atoms with Crippen LogP contribution in [-0.2, 0) is 5.41 Å². The van der Waals surface area contributed by atoms with Gasteiger partial charge in [0.15, 0.2) is 0 Å². The van der Waals surface area contributed by atoms with Crippen molar-refractivity contribution in [2.75, 3.05) is 0 Å². The molecule has 0 saturated heterocycles. The first-order chi connectivity index (χ1) is 6.86. The molecule has 1 rings (SSSR count). The largest absolute Gasteiger partial charge is 0.385 e. The van der Waals surface area contributed by atoms with Crippen molar-refractivity contribution in [3.63, 3.8) is 0 Å². The minimum atomic E-state index is -0.776. The molecule has 0 aliphatic rings. The van der Waals surface area contributed by atoms with Crippen molar-refractivity contribution >= 4 is 11.3 Å². The average Bonchev–Trinajstić information content (AvgIpc) is 2.63. The van der Waals surface area contributed by atoms with Crippen LogP contribution in [0.5, 0.6) is 0 Å². The fourth-order valence-electron chi connectivity index (χ4n) is 1.09. The van der Waals surface area contributed by atoms with E-state index in [1.807, 2.05) is 11.4 Å². The van der Waals surface area contributed by atoms with Crippen LogP contribution in [0.3, 0.4) is 0 Å². The molecule has 1 aromatic rings. The molecule has 0 bridgehead atoms. The van der Waals surface area contributed by atoms with Crippen LogP contribution in [0.25, 0.3) is 0 Å². The summed E-state index contributed by atoms with van der Waals surface area (Å²) < 4.78 is 0. The first kappa shape index (κ1) is 12.2. The zero-order chi connectivity index (χ0) is 11.6. The number of nitrogens with zero attached hydrogens (tertiary/aromatic N) is 2. The van der Waals surface area contributed by atoms with Gasteiger partial charge in [-0.3, -0.25) is 0 Å². The van der Waals surface area contributed by atoms with E-state index in [1.165, 1.54) is 11.3 Å². The number of hydrogen-bond acceptors (Lipinski definition) is 4. The Bertz CT molecular complexity index is 373. The third-order valence-corrected chi connectivity index (χ3v) is 3.43. The molecule has 0 radical (unpaired) electrons. The van der Waals surface area contributed by atoms with Crippen LogP contribution in [-0.4, -0.2) is 10.1 Å². The number of nitriles is 1. The van der Waals surface area contributed by atoms with Gasteiger partial charge in [0.1, 0.15) is 6.10 Å². The second-order valence-electron chi connectivity index (χ2n) is 4.69. The molecule has 15 heavy (non-hydrogen) atoms. The van der Waals surface area contributed by atoms with Gasteiger partial charge in [0, 0.05) is 10.8 Å². The summed E-state index contributed by atoms with van der Waals surface area (Å²) in [5.41, 5.74) is 0.609. The molecule has 3 nitrogen and oxygen atoms in total. The number of aromatic nitrogens is 1. The molecule has 0 amide bonds. The van der Waals surface area contributed by atoms with Crippen LogP contribution in [0.4, 0.5) is 0 Å². The Hall–Kier alpha value is -0.920. The van der Waals surface area contributed by atoms with Crippen LogP contribution >= 0.6 is 11.3 Å². The first-order valence-electron chi connectivity index (χ1n) is 4.90. The van der Waals surface area contributed by atoms with Crippen LogP contribution in [0.2, 0.25) is 0 Å². The highest BCUT2D eigenvalue weighted by atomic mass is 32.1. The maximum atomic E-state index is 9.79. The van der Waals surface area contributed by atoms with E-state index in [1.54, 1.807) is 6.92 Å². The molecule has 0 aromatic carbocycles. The molecule has 0 aliphatic carbocycles. The van der Waals surface area contributed by atoms with Gasteiger partial charge in [-0.2, -0.15) is 5.26 Å². The lowest BCUT2D eigenvalue weighted by Crippen LogP contribution is -2.12. The summed E-state index contributed by atoms with van der Waals surface area (Å²) in [4.78, 5) is 4.37. The summed E-state index contributed by atoms with van der Waals surface area (Å²) in [6, 6.07) is 2.03. The fourth-order valence-corrected chi connectivity index (χ4v) is 2.03. The highest BCUT2D eigenvalue weighted by molar-refractivity contribution is 7.09. The molecule has 82 valence electrons. The molecule has 4 heteroatoms. The van der Waals surface area contributed by atoms with Crippen LogP contribution in [0.15, 0.2) is 5.38 Å². The summed E-state index contributed by atoms with van der Waals surface area (Å²) in [6.07, 6.45) is -0.776. The highest BCUT2D eigenvalue weighted by Crippen LogP contribution is 2.29. The Labute approximate surface area is 94.4 Å². The van der Waals surface area contributed by atoms with E-state index in [0.29, 0.717) is 5.69 Å². The summed E-state index contributed by atoms with van der Waals surface area (Å²) in [5.74, 6) is -0.417. The van der Waals surface area contributed by atoms with Crippen molar-refractivity contribution in [1.82, 2.24) is 4.98 Å². The molecule has 0 spiro atoms. The second kappa shape index (κ2) is 4.30. The minimum Gasteiger partial charge on any atom is -0.385 e. The van der Waals surface area contributed by atoms with E-state index >= 15 is 0 Å². The van der Waals surface area contributed by atoms with Crippen molar-refractivity contribution in [1.29, 1.82) is 5.26 Å². The van der Waals surface area contributed by atoms with Gasteiger partial charge >= 0.3 is 0 Å². The summed E-state index contributed by atoms with van der Waals surface area (Å²) in [7, 11) is 0. The Morgan fingerprint density at radius 3 is 2.53 bits per heavy atom. The molecule has 1 aromatic heterocycles. The van der Waals surface area contributed by atoms with Crippen molar-refractivity contribution in [2.24, 2.45) is 5.92 Å². The smallest absolute Gasteiger partial charge is 0.112 e. The standard InChI is InChI=1S/C11H16N2OS/c1-7(5-12)9(14)8-6-15-10(13-8)11(2,3)4/h6-7,9,14H,1-4H3. The van der Waals surface area contributed by atoms with E-state index in [-0.39, 0.29) is 5.41 Å². The maximum absolute atomic E-state index is 9.79. The summed E-state index contributed by atoms with van der Waals surface area (Å²) >= 11 is 1.53. The fraction of sp³-hybridized carbons (Fsp3) is 0.636. The molecule has 0 fully saturated rings. The molecule has 2 atom stereocenters. The van der Waals surface area contributed by atoms with Crippen LogP contribution in [0.1, 0.15) is 44.5 Å². The van der Waals surface area contributed by atoms with Gasteiger partial charge in [-0.05, 0) is 6.92 Å². The van der Waals surface area contributed by atoms with Crippen molar-refractivity contribution < 1.29 is 5.11 Å². The predicted molar refractivity (Wildman–Crippen MR) is 60.6 cm³/mol. The van der Waals surface area contributed by atoms with Crippen LogP contribution < -0.4 is 0 Å². The van der Waals surface area contributed by atoms with Crippen molar-refractivity contribution in [3.05, 3.63) is 16.1 Å². The molecule has 1 heterocycles. The van der Waals surface area contributed by atoms with E-state index in [4.69, 9.17) is 5.26 Å². The SMILES string of the molecule is CC(C#N)C(O)c1csc(C(C)(C)C)n1. The number of rotatable bonds is 2. The van der Waals surface area contributed by atoms with Crippen molar-refractivity contribution in [2.45, 2.75) is 39.2 Å². The molecular weight excluding hydrogens is 208 g/mol. The van der Waals surface area contributed by atoms with E-state index in [9.17, 15) is 5.11 Å². The number of aliphatic hydroxyl groups is 1. The average molecular weight is 224 g/mol. The molecule has 0 saturated carbocycles. The van der Waals surface area contributed by atoms with Gasteiger partial charge in [0.2, 0.25) is 0 Å².